The molecule has 1 aliphatic rings. The van der Waals surface area contributed by atoms with Crippen LogP contribution in [-0.2, 0) is 6.54 Å². The molecule has 0 bridgehead atoms. The van der Waals surface area contributed by atoms with Gasteiger partial charge in [-0.3, -0.25) is 4.90 Å². The maximum atomic E-state index is 12.4. The molecule has 1 atom stereocenters. The third kappa shape index (κ3) is 4.63. The van der Waals surface area contributed by atoms with E-state index < -0.39 is 0 Å². The highest BCUT2D eigenvalue weighted by molar-refractivity contribution is 5.73. The van der Waals surface area contributed by atoms with Crippen molar-refractivity contribution in [3.05, 3.63) is 41.7 Å². The molecule has 0 saturated carbocycles. The SMILES string of the molecule is Cc1cc(CN(C)C(=O)NC[C@@H](c2ccco2)N2CCCCC2)no1. The Bertz CT molecular complexity index is 662. The van der Waals surface area contributed by atoms with Gasteiger partial charge in [0.2, 0.25) is 0 Å². The zero-order valence-corrected chi connectivity index (χ0v) is 14.9. The van der Waals surface area contributed by atoms with Gasteiger partial charge in [0.1, 0.15) is 17.2 Å². The first kappa shape index (κ1) is 17.5. The number of carbonyl (C=O) groups is 1. The highest BCUT2D eigenvalue weighted by Crippen LogP contribution is 2.24. The van der Waals surface area contributed by atoms with Crippen molar-refractivity contribution < 1.29 is 13.7 Å². The number of aromatic nitrogens is 1. The summed E-state index contributed by atoms with van der Waals surface area (Å²) >= 11 is 0. The second-order valence-corrected chi connectivity index (χ2v) is 6.60. The molecule has 1 fully saturated rings. The van der Waals surface area contributed by atoms with Gasteiger partial charge in [0.05, 0.1) is 18.8 Å². The average Bonchev–Trinajstić information content (AvgIpc) is 3.28. The Hall–Kier alpha value is -2.28. The van der Waals surface area contributed by atoms with Gasteiger partial charge in [-0.2, -0.15) is 0 Å². The molecule has 0 aliphatic carbocycles. The van der Waals surface area contributed by atoms with Gasteiger partial charge in [-0.1, -0.05) is 11.6 Å². The predicted octanol–water partition coefficient (Wildman–Crippen LogP) is 2.94. The topological polar surface area (TPSA) is 74.8 Å². The fourth-order valence-electron chi connectivity index (χ4n) is 3.25. The number of amides is 2. The van der Waals surface area contributed by atoms with E-state index >= 15 is 0 Å². The molecule has 2 amide bonds. The van der Waals surface area contributed by atoms with Crippen LogP contribution in [0.15, 0.2) is 33.4 Å². The van der Waals surface area contributed by atoms with Crippen LogP contribution in [0.4, 0.5) is 4.79 Å². The summed E-state index contributed by atoms with van der Waals surface area (Å²) in [5.74, 6) is 1.64. The normalized spacial score (nSPS) is 16.6. The van der Waals surface area contributed by atoms with Crippen molar-refractivity contribution in [2.75, 3.05) is 26.7 Å². The van der Waals surface area contributed by atoms with Crippen molar-refractivity contribution in [3.63, 3.8) is 0 Å². The molecule has 2 aromatic heterocycles. The molecule has 3 heterocycles. The summed E-state index contributed by atoms with van der Waals surface area (Å²) in [6.07, 6.45) is 5.34. The van der Waals surface area contributed by atoms with Crippen molar-refractivity contribution >= 4 is 6.03 Å². The summed E-state index contributed by atoms with van der Waals surface area (Å²) in [5, 5.41) is 6.95. The van der Waals surface area contributed by atoms with Crippen molar-refractivity contribution in [1.29, 1.82) is 0 Å². The first-order valence-electron chi connectivity index (χ1n) is 8.82. The van der Waals surface area contributed by atoms with E-state index in [2.05, 4.69) is 15.4 Å². The summed E-state index contributed by atoms with van der Waals surface area (Å²) in [5.41, 5.74) is 0.744. The first-order valence-corrected chi connectivity index (χ1v) is 8.82. The minimum atomic E-state index is -0.130. The number of carbonyl (C=O) groups excluding carboxylic acids is 1. The van der Waals surface area contributed by atoms with Crippen LogP contribution in [0.25, 0.3) is 0 Å². The molecule has 3 rings (SSSR count). The van der Waals surface area contributed by atoms with Gasteiger partial charge in [0.25, 0.3) is 0 Å². The maximum Gasteiger partial charge on any atom is 0.317 e. The van der Waals surface area contributed by atoms with Crippen molar-refractivity contribution in [2.45, 2.75) is 38.8 Å². The monoisotopic (exact) mass is 346 g/mol. The van der Waals surface area contributed by atoms with E-state index in [9.17, 15) is 4.79 Å². The second-order valence-electron chi connectivity index (χ2n) is 6.60. The minimum absolute atomic E-state index is 0.0712. The lowest BCUT2D eigenvalue weighted by Crippen LogP contribution is -2.44. The van der Waals surface area contributed by atoms with Crippen molar-refractivity contribution in [2.24, 2.45) is 0 Å². The molecule has 25 heavy (non-hydrogen) atoms. The number of piperidine rings is 1. The van der Waals surface area contributed by atoms with Crippen LogP contribution >= 0.6 is 0 Å². The molecule has 2 aromatic rings. The zero-order chi connectivity index (χ0) is 17.6. The van der Waals surface area contributed by atoms with E-state index in [0.29, 0.717) is 13.1 Å². The third-order valence-electron chi connectivity index (χ3n) is 4.57. The number of hydrogen-bond acceptors (Lipinski definition) is 5. The third-order valence-corrected chi connectivity index (χ3v) is 4.57. The van der Waals surface area contributed by atoms with Gasteiger partial charge >= 0.3 is 6.03 Å². The Morgan fingerprint density at radius 1 is 1.40 bits per heavy atom. The van der Waals surface area contributed by atoms with Crippen molar-refractivity contribution in [3.8, 4) is 0 Å². The molecule has 1 saturated heterocycles. The van der Waals surface area contributed by atoms with Gasteiger partial charge in [-0.25, -0.2) is 4.79 Å². The number of hydrogen-bond donors (Lipinski definition) is 1. The van der Waals surface area contributed by atoms with Crippen LogP contribution in [-0.4, -0.2) is 47.7 Å². The number of aryl methyl sites for hydroxylation is 1. The van der Waals surface area contributed by atoms with Crippen LogP contribution < -0.4 is 5.32 Å². The van der Waals surface area contributed by atoms with Crippen LogP contribution in [0.5, 0.6) is 0 Å². The van der Waals surface area contributed by atoms with Gasteiger partial charge in [-0.05, 0) is 45.0 Å². The molecular formula is C18H26N4O3. The Labute approximate surface area is 147 Å². The fraction of sp³-hybridized carbons (Fsp3) is 0.556. The van der Waals surface area contributed by atoms with E-state index in [0.717, 1.165) is 30.3 Å². The van der Waals surface area contributed by atoms with E-state index in [-0.39, 0.29) is 12.1 Å². The van der Waals surface area contributed by atoms with E-state index in [4.69, 9.17) is 8.94 Å². The molecule has 0 aromatic carbocycles. The van der Waals surface area contributed by atoms with E-state index in [1.54, 1.807) is 18.2 Å². The molecule has 0 radical (unpaired) electrons. The van der Waals surface area contributed by atoms with Gasteiger partial charge < -0.3 is 19.2 Å². The summed E-state index contributed by atoms with van der Waals surface area (Å²) in [6, 6.07) is 5.65. The highest BCUT2D eigenvalue weighted by atomic mass is 16.5. The maximum absolute atomic E-state index is 12.4. The van der Waals surface area contributed by atoms with Gasteiger partial charge in [-0.15, -0.1) is 0 Å². The van der Waals surface area contributed by atoms with Gasteiger partial charge in [0, 0.05) is 19.7 Å². The number of likely N-dealkylation sites (tertiary alicyclic amines) is 1. The molecule has 7 nitrogen and oxygen atoms in total. The lowest BCUT2D eigenvalue weighted by atomic mass is 10.1. The van der Waals surface area contributed by atoms with Crippen LogP contribution in [0.2, 0.25) is 0 Å². The van der Waals surface area contributed by atoms with Crippen LogP contribution in [0.3, 0.4) is 0 Å². The summed E-state index contributed by atoms with van der Waals surface area (Å²) in [7, 11) is 1.75. The fourth-order valence-corrected chi connectivity index (χ4v) is 3.25. The molecule has 136 valence electrons. The zero-order valence-electron chi connectivity index (χ0n) is 14.9. The molecule has 1 N–H and O–H groups in total. The molecule has 0 spiro atoms. The quantitative estimate of drug-likeness (QED) is 0.870. The number of rotatable bonds is 6. The number of urea groups is 1. The standard InChI is InChI=1S/C18H26N4O3/c1-14-11-15(20-25-14)13-21(2)18(23)19-12-16(17-7-6-10-24-17)22-8-4-3-5-9-22/h6-7,10-11,16H,3-5,8-9,12-13H2,1-2H3,(H,19,23)/t16-/m0/s1. The van der Waals surface area contributed by atoms with Crippen LogP contribution in [0.1, 0.15) is 42.5 Å². The molecule has 7 heteroatoms. The molecule has 0 unspecified atom stereocenters. The predicted molar refractivity (Wildman–Crippen MR) is 93.0 cm³/mol. The van der Waals surface area contributed by atoms with Gasteiger partial charge in [0.15, 0.2) is 0 Å². The summed E-state index contributed by atoms with van der Waals surface area (Å²) in [6.45, 7) is 4.85. The Kier molecular flexibility index (Phi) is 5.75. The lowest BCUT2D eigenvalue weighted by Gasteiger charge is -2.33. The smallest absolute Gasteiger partial charge is 0.317 e. The second kappa shape index (κ2) is 8.20. The highest BCUT2D eigenvalue weighted by Gasteiger charge is 2.25. The Morgan fingerprint density at radius 2 is 2.20 bits per heavy atom. The first-order chi connectivity index (χ1) is 12.1. The van der Waals surface area contributed by atoms with Crippen LogP contribution in [0, 0.1) is 6.92 Å². The Balaban J connectivity index is 1.57. The van der Waals surface area contributed by atoms with Crippen molar-refractivity contribution in [1.82, 2.24) is 20.3 Å². The average molecular weight is 346 g/mol. The lowest BCUT2D eigenvalue weighted by molar-refractivity contribution is 0.140. The minimum Gasteiger partial charge on any atom is -0.468 e. The summed E-state index contributed by atoms with van der Waals surface area (Å²) < 4.78 is 10.7. The number of furan rings is 1. The molecule has 1 aliphatic heterocycles. The number of nitrogens with one attached hydrogen (secondary N) is 1. The summed E-state index contributed by atoms with van der Waals surface area (Å²) in [4.78, 5) is 16.4. The largest absolute Gasteiger partial charge is 0.468 e. The Morgan fingerprint density at radius 3 is 2.84 bits per heavy atom. The number of nitrogens with zero attached hydrogens (tertiary/aromatic N) is 3. The molecular weight excluding hydrogens is 320 g/mol. The van der Waals surface area contributed by atoms with E-state index in [1.807, 2.05) is 25.1 Å². The van der Waals surface area contributed by atoms with E-state index in [1.165, 1.54) is 19.3 Å².